The van der Waals surface area contributed by atoms with Crippen molar-refractivity contribution in [1.29, 1.82) is 0 Å². The first kappa shape index (κ1) is 13.6. The van der Waals surface area contributed by atoms with Crippen molar-refractivity contribution in [3.8, 4) is 5.75 Å². The summed E-state index contributed by atoms with van der Waals surface area (Å²) in [5, 5.41) is 0.718. The fourth-order valence-corrected chi connectivity index (χ4v) is 2.44. The summed E-state index contributed by atoms with van der Waals surface area (Å²) in [7, 11) is 1.56. The minimum Gasteiger partial charge on any atom is -0.495 e. The Balaban J connectivity index is 2.13. The monoisotopic (exact) mass is 286 g/mol. The number of hydrogen-bond acceptors (Lipinski definition) is 4. The summed E-state index contributed by atoms with van der Waals surface area (Å²) in [6.45, 7) is 1.86. The van der Waals surface area contributed by atoms with Crippen molar-refractivity contribution < 1.29 is 13.5 Å². The number of ether oxygens (including phenoxy) is 1. The number of nitrogens with two attached hydrogens (primary N) is 1. The third kappa shape index (κ3) is 2.25. The van der Waals surface area contributed by atoms with Gasteiger partial charge in [0.05, 0.1) is 7.11 Å². The summed E-state index contributed by atoms with van der Waals surface area (Å²) >= 11 is 0. The Morgan fingerprint density at radius 1 is 1.33 bits per heavy atom. The first-order valence-electron chi connectivity index (χ1n) is 6.55. The molecule has 0 fully saturated rings. The molecule has 1 atom stereocenters. The second kappa shape index (κ2) is 5.18. The van der Waals surface area contributed by atoms with Crippen LogP contribution in [0.15, 0.2) is 40.9 Å². The summed E-state index contributed by atoms with van der Waals surface area (Å²) in [6, 6.07) is 7.40. The molecule has 0 bridgehead atoms. The van der Waals surface area contributed by atoms with Crippen molar-refractivity contribution in [1.82, 2.24) is 4.98 Å². The van der Waals surface area contributed by atoms with Gasteiger partial charge in [-0.3, -0.25) is 4.98 Å². The Labute approximate surface area is 121 Å². The van der Waals surface area contributed by atoms with Crippen LogP contribution in [0, 0.1) is 12.7 Å². The molecule has 3 rings (SSSR count). The van der Waals surface area contributed by atoms with E-state index in [0.717, 1.165) is 10.9 Å². The van der Waals surface area contributed by atoms with Crippen LogP contribution < -0.4 is 10.5 Å². The van der Waals surface area contributed by atoms with Gasteiger partial charge < -0.3 is 14.9 Å². The average Bonchev–Trinajstić information content (AvgIpc) is 2.83. The van der Waals surface area contributed by atoms with Crippen molar-refractivity contribution in [2.75, 3.05) is 7.11 Å². The van der Waals surface area contributed by atoms with Gasteiger partial charge in [0.2, 0.25) is 0 Å². The minimum atomic E-state index is -0.573. The summed E-state index contributed by atoms with van der Waals surface area (Å²) in [5.74, 6) is 0.852. The zero-order chi connectivity index (χ0) is 15.0. The molecule has 0 amide bonds. The lowest BCUT2D eigenvalue weighted by Gasteiger charge is -2.13. The van der Waals surface area contributed by atoms with Crippen molar-refractivity contribution in [3.05, 3.63) is 59.4 Å². The van der Waals surface area contributed by atoms with E-state index in [4.69, 9.17) is 14.9 Å². The van der Waals surface area contributed by atoms with Crippen LogP contribution in [0.25, 0.3) is 11.0 Å². The average molecular weight is 286 g/mol. The topological polar surface area (TPSA) is 61.3 Å². The molecule has 3 aromatic rings. The maximum atomic E-state index is 13.4. The van der Waals surface area contributed by atoms with Gasteiger partial charge in [0.25, 0.3) is 0 Å². The van der Waals surface area contributed by atoms with Crippen LogP contribution in [0.3, 0.4) is 0 Å². The van der Waals surface area contributed by atoms with E-state index in [-0.39, 0.29) is 5.82 Å². The molecule has 0 saturated carbocycles. The second-order valence-electron chi connectivity index (χ2n) is 4.80. The molecule has 2 heterocycles. The summed E-state index contributed by atoms with van der Waals surface area (Å²) in [5.41, 5.74) is 8.27. The van der Waals surface area contributed by atoms with E-state index < -0.39 is 6.04 Å². The molecule has 0 aliphatic rings. The second-order valence-corrected chi connectivity index (χ2v) is 4.80. The summed E-state index contributed by atoms with van der Waals surface area (Å²) in [4.78, 5) is 4.27. The normalized spacial score (nSPS) is 12.6. The maximum absolute atomic E-state index is 13.4. The highest BCUT2D eigenvalue weighted by molar-refractivity contribution is 5.82. The van der Waals surface area contributed by atoms with Gasteiger partial charge in [-0.05, 0) is 37.3 Å². The Hall–Kier alpha value is -2.40. The number of aromatic nitrogens is 1. The molecule has 4 nitrogen and oxygen atoms in total. The van der Waals surface area contributed by atoms with E-state index in [0.29, 0.717) is 22.8 Å². The zero-order valence-corrected chi connectivity index (χ0v) is 11.8. The largest absolute Gasteiger partial charge is 0.495 e. The van der Waals surface area contributed by atoms with E-state index in [1.165, 1.54) is 12.1 Å². The molecular formula is C16H15FN2O2. The number of hydrogen-bond donors (Lipinski definition) is 1. The molecule has 108 valence electrons. The van der Waals surface area contributed by atoms with Gasteiger partial charge in [-0.25, -0.2) is 4.39 Å². The van der Waals surface area contributed by atoms with E-state index in [2.05, 4.69) is 4.98 Å². The highest BCUT2D eigenvalue weighted by Crippen LogP contribution is 2.33. The van der Waals surface area contributed by atoms with Crippen LogP contribution in [0.5, 0.6) is 5.75 Å². The van der Waals surface area contributed by atoms with Gasteiger partial charge in [-0.15, -0.1) is 0 Å². The van der Waals surface area contributed by atoms with Gasteiger partial charge in [-0.1, -0.05) is 0 Å². The Kier molecular flexibility index (Phi) is 3.35. The first-order chi connectivity index (χ1) is 10.1. The SMILES string of the molecule is COc1cccnc1C(N)c1oc2ccc(F)cc2c1C. The maximum Gasteiger partial charge on any atom is 0.142 e. The van der Waals surface area contributed by atoms with E-state index in [9.17, 15) is 4.39 Å². The van der Waals surface area contributed by atoms with Gasteiger partial charge in [0.1, 0.15) is 34.6 Å². The Bertz CT molecular complexity index is 798. The van der Waals surface area contributed by atoms with Crippen molar-refractivity contribution in [3.63, 3.8) is 0 Å². The molecular weight excluding hydrogens is 271 g/mol. The van der Waals surface area contributed by atoms with Gasteiger partial charge in [0, 0.05) is 17.1 Å². The number of nitrogens with zero attached hydrogens (tertiary/aromatic N) is 1. The lowest BCUT2D eigenvalue weighted by molar-refractivity contribution is 0.400. The molecule has 1 aromatic carbocycles. The Morgan fingerprint density at radius 3 is 2.90 bits per heavy atom. The van der Waals surface area contributed by atoms with Crippen LogP contribution in [0.4, 0.5) is 4.39 Å². The molecule has 0 aliphatic carbocycles. The van der Waals surface area contributed by atoms with Crippen LogP contribution in [-0.4, -0.2) is 12.1 Å². The molecule has 21 heavy (non-hydrogen) atoms. The molecule has 5 heteroatoms. The van der Waals surface area contributed by atoms with Crippen LogP contribution in [-0.2, 0) is 0 Å². The standard InChI is InChI=1S/C16H15FN2O2/c1-9-11-8-10(17)5-6-12(11)21-16(9)14(18)15-13(20-2)4-3-7-19-15/h3-8,14H,18H2,1-2H3. The minimum absolute atomic E-state index is 0.304. The molecule has 0 saturated heterocycles. The summed E-state index contributed by atoms with van der Waals surface area (Å²) in [6.07, 6.45) is 1.65. The van der Waals surface area contributed by atoms with E-state index >= 15 is 0 Å². The number of furan rings is 1. The van der Waals surface area contributed by atoms with E-state index in [1.807, 2.05) is 6.92 Å². The zero-order valence-electron chi connectivity index (χ0n) is 11.8. The number of benzene rings is 1. The van der Waals surface area contributed by atoms with E-state index in [1.54, 1.807) is 31.5 Å². The number of fused-ring (bicyclic) bond motifs is 1. The molecule has 0 aliphatic heterocycles. The van der Waals surface area contributed by atoms with Crippen molar-refractivity contribution in [2.45, 2.75) is 13.0 Å². The van der Waals surface area contributed by atoms with Crippen LogP contribution >= 0.6 is 0 Å². The quantitative estimate of drug-likeness (QED) is 0.802. The highest BCUT2D eigenvalue weighted by Gasteiger charge is 2.22. The number of rotatable bonds is 3. The number of aryl methyl sites for hydroxylation is 1. The third-order valence-corrected chi connectivity index (χ3v) is 3.53. The molecule has 0 radical (unpaired) electrons. The molecule has 1 unspecified atom stereocenters. The lowest BCUT2D eigenvalue weighted by atomic mass is 10.0. The highest BCUT2D eigenvalue weighted by atomic mass is 19.1. The van der Waals surface area contributed by atoms with Gasteiger partial charge in [-0.2, -0.15) is 0 Å². The fraction of sp³-hybridized carbons (Fsp3) is 0.188. The Morgan fingerprint density at radius 2 is 2.14 bits per heavy atom. The predicted octanol–water partition coefficient (Wildman–Crippen LogP) is 3.33. The molecule has 2 aromatic heterocycles. The summed E-state index contributed by atoms with van der Waals surface area (Å²) < 4.78 is 24.4. The third-order valence-electron chi connectivity index (χ3n) is 3.53. The first-order valence-corrected chi connectivity index (χ1v) is 6.55. The van der Waals surface area contributed by atoms with Crippen LogP contribution in [0.1, 0.15) is 23.1 Å². The van der Waals surface area contributed by atoms with Crippen molar-refractivity contribution >= 4 is 11.0 Å². The van der Waals surface area contributed by atoms with Gasteiger partial charge >= 0.3 is 0 Å². The smallest absolute Gasteiger partial charge is 0.142 e. The van der Waals surface area contributed by atoms with Gasteiger partial charge in [0.15, 0.2) is 0 Å². The number of halogens is 1. The lowest BCUT2D eigenvalue weighted by Crippen LogP contribution is -2.15. The van der Waals surface area contributed by atoms with Crippen molar-refractivity contribution in [2.24, 2.45) is 5.73 Å². The number of pyridine rings is 1. The molecule has 2 N–H and O–H groups in total. The molecule has 0 spiro atoms. The fourth-order valence-electron chi connectivity index (χ4n) is 2.44. The number of methoxy groups -OCH3 is 1. The predicted molar refractivity (Wildman–Crippen MR) is 77.7 cm³/mol. The van der Waals surface area contributed by atoms with Crippen LogP contribution in [0.2, 0.25) is 0 Å².